The Morgan fingerprint density at radius 2 is 1.47 bits per heavy atom. The number of likely N-dealkylation sites (tertiary alicyclic amines) is 1. The largest absolute Gasteiger partial charge is 0.479 e. The first-order valence-electron chi connectivity index (χ1n) is 11.1. The Balaban J connectivity index is 1.64. The molecule has 0 saturated carbocycles. The third-order valence-electron chi connectivity index (χ3n) is 6.56. The number of carbonyl (C=O) groups is 2. The molecule has 1 unspecified atom stereocenters. The van der Waals surface area contributed by atoms with Gasteiger partial charge in [0.25, 0.3) is 5.91 Å². The maximum Gasteiger partial charge on any atom is 0.335 e. The molecule has 0 bridgehead atoms. The zero-order valence-electron chi connectivity index (χ0n) is 18.7. The van der Waals surface area contributed by atoms with Crippen LogP contribution in [-0.4, -0.2) is 45.6 Å². The molecule has 3 atom stereocenters. The van der Waals surface area contributed by atoms with Gasteiger partial charge < -0.3 is 9.84 Å². The SMILES string of the molecule is C=C(C)C(C(=O)O)(C(c1ccccc1)c1ccccc1)N1C(=O)[C@@H]2N=C(c3ccccc3)O[C@@H]21. The summed E-state index contributed by atoms with van der Waals surface area (Å²) in [5.41, 5.74) is 0.822. The number of amides is 1. The molecule has 0 spiro atoms. The number of fused-ring (bicyclic) bond motifs is 1. The van der Waals surface area contributed by atoms with E-state index in [1.807, 2.05) is 91.0 Å². The summed E-state index contributed by atoms with van der Waals surface area (Å²) in [7, 11) is 0. The van der Waals surface area contributed by atoms with Crippen LogP contribution in [0.25, 0.3) is 0 Å². The van der Waals surface area contributed by atoms with E-state index in [-0.39, 0.29) is 0 Å². The number of β-lactam (4-membered cyclic amide) rings is 1. The first kappa shape index (κ1) is 21.6. The number of carbonyl (C=O) groups excluding carboxylic acids is 1. The molecule has 3 aromatic rings. The van der Waals surface area contributed by atoms with Crippen molar-refractivity contribution in [3.05, 3.63) is 120 Å². The highest BCUT2D eigenvalue weighted by molar-refractivity contribution is 6.04. The zero-order valence-corrected chi connectivity index (χ0v) is 18.7. The highest BCUT2D eigenvalue weighted by atomic mass is 16.5. The number of ether oxygens (including phenoxy) is 1. The van der Waals surface area contributed by atoms with Crippen molar-refractivity contribution in [1.82, 2.24) is 4.90 Å². The fourth-order valence-electron chi connectivity index (χ4n) is 5.02. The van der Waals surface area contributed by atoms with Crippen LogP contribution in [-0.2, 0) is 14.3 Å². The Bertz CT molecular complexity index is 1220. The van der Waals surface area contributed by atoms with Gasteiger partial charge in [-0.25, -0.2) is 9.79 Å². The van der Waals surface area contributed by atoms with Gasteiger partial charge in [-0.1, -0.05) is 85.4 Å². The predicted octanol–water partition coefficient (Wildman–Crippen LogP) is 4.23. The second-order valence-electron chi connectivity index (χ2n) is 8.57. The highest BCUT2D eigenvalue weighted by Gasteiger charge is 2.67. The number of carboxylic acids is 1. The van der Waals surface area contributed by atoms with Crippen LogP contribution in [0.1, 0.15) is 29.5 Å². The average molecular weight is 453 g/mol. The minimum Gasteiger partial charge on any atom is -0.479 e. The molecule has 34 heavy (non-hydrogen) atoms. The van der Waals surface area contributed by atoms with Crippen LogP contribution in [0.5, 0.6) is 0 Å². The zero-order chi connectivity index (χ0) is 23.9. The topological polar surface area (TPSA) is 79.2 Å². The van der Waals surface area contributed by atoms with E-state index in [9.17, 15) is 14.7 Å². The standard InChI is InChI=1S/C28H24N2O4/c1-18(2)28(27(32)33,22(19-12-6-3-7-13-19)20-14-8-4-9-15-20)30-25(31)23-26(30)34-24(29-23)21-16-10-5-11-17-21/h3-17,22-23,26H,1H2,2H3,(H,32,33)/t23-,26-,28?/m0/s1. The van der Waals surface area contributed by atoms with E-state index in [2.05, 4.69) is 11.6 Å². The number of hydrogen-bond donors (Lipinski definition) is 1. The van der Waals surface area contributed by atoms with Gasteiger partial charge in [-0.05, 0) is 35.8 Å². The summed E-state index contributed by atoms with van der Waals surface area (Å²) in [6.45, 7) is 5.74. The van der Waals surface area contributed by atoms with Gasteiger partial charge in [0.05, 0.1) is 0 Å². The minimum absolute atomic E-state index is 0.335. The molecule has 1 N–H and O–H groups in total. The molecule has 5 rings (SSSR count). The monoisotopic (exact) mass is 452 g/mol. The van der Waals surface area contributed by atoms with Crippen LogP contribution < -0.4 is 0 Å². The van der Waals surface area contributed by atoms with Crippen LogP contribution in [0, 0.1) is 0 Å². The van der Waals surface area contributed by atoms with Crippen molar-refractivity contribution in [2.75, 3.05) is 0 Å². The molecule has 1 fully saturated rings. The number of carboxylic acid groups (broad SMARTS) is 1. The van der Waals surface area contributed by atoms with E-state index in [1.54, 1.807) is 6.92 Å². The molecular formula is C28H24N2O4. The van der Waals surface area contributed by atoms with Crippen LogP contribution in [0.4, 0.5) is 0 Å². The van der Waals surface area contributed by atoms with Crippen molar-refractivity contribution in [2.45, 2.75) is 30.7 Å². The summed E-state index contributed by atoms with van der Waals surface area (Å²) in [4.78, 5) is 32.5. The van der Waals surface area contributed by atoms with Crippen molar-refractivity contribution < 1.29 is 19.4 Å². The highest BCUT2D eigenvalue weighted by Crippen LogP contribution is 2.49. The van der Waals surface area contributed by atoms with E-state index in [0.29, 0.717) is 11.5 Å². The number of aliphatic imine (C=N–C) groups is 1. The summed E-state index contributed by atoms with van der Waals surface area (Å²) < 4.78 is 6.11. The normalized spacial score (nSPS) is 20.6. The molecule has 1 saturated heterocycles. The van der Waals surface area contributed by atoms with Crippen LogP contribution in [0.2, 0.25) is 0 Å². The summed E-state index contributed by atoms with van der Waals surface area (Å²) in [6, 6.07) is 27.2. The molecule has 0 aliphatic carbocycles. The first-order valence-corrected chi connectivity index (χ1v) is 11.1. The van der Waals surface area contributed by atoms with Crippen molar-refractivity contribution >= 4 is 17.8 Å². The fraction of sp³-hybridized carbons (Fsp3) is 0.179. The Kier molecular flexibility index (Phi) is 5.28. The van der Waals surface area contributed by atoms with Gasteiger partial charge in [0.15, 0.2) is 11.6 Å². The number of rotatable bonds is 7. The van der Waals surface area contributed by atoms with Crippen molar-refractivity contribution in [1.29, 1.82) is 0 Å². The van der Waals surface area contributed by atoms with E-state index in [1.165, 1.54) is 4.90 Å². The molecule has 6 nitrogen and oxygen atoms in total. The van der Waals surface area contributed by atoms with Crippen molar-refractivity contribution in [3.8, 4) is 0 Å². The quantitative estimate of drug-likeness (QED) is 0.430. The molecule has 170 valence electrons. The molecule has 6 heteroatoms. The Morgan fingerprint density at radius 3 is 1.94 bits per heavy atom. The van der Waals surface area contributed by atoms with Gasteiger partial charge in [0.2, 0.25) is 12.1 Å². The lowest BCUT2D eigenvalue weighted by Gasteiger charge is -2.54. The average Bonchev–Trinajstić information content (AvgIpc) is 3.25. The van der Waals surface area contributed by atoms with E-state index >= 15 is 0 Å². The Labute approximate surface area is 197 Å². The second kappa shape index (κ2) is 8.30. The second-order valence-corrected chi connectivity index (χ2v) is 8.57. The van der Waals surface area contributed by atoms with Gasteiger partial charge in [0.1, 0.15) is 0 Å². The third kappa shape index (κ3) is 3.14. The van der Waals surface area contributed by atoms with E-state index < -0.39 is 35.6 Å². The van der Waals surface area contributed by atoms with Crippen LogP contribution >= 0.6 is 0 Å². The number of benzene rings is 3. The van der Waals surface area contributed by atoms with Gasteiger partial charge in [-0.2, -0.15) is 0 Å². The van der Waals surface area contributed by atoms with Crippen LogP contribution in [0.15, 0.2) is 108 Å². The maximum atomic E-state index is 13.5. The molecule has 1 amide bonds. The molecule has 0 radical (unpaired) electrons. The molecule has 3 aromatic carbocycles. The van der Waals surface area contributed by atoms with Gasteiger partial charge >= 0.3 is 5.97 Å². The molecule has 2 heterocycles. The third-order valence-corrected chi connectivity index (χ3v) is 6.56. The first-order chi connectivity index (χ1) is 16.5. The summed E-state index contributed by atoms with van der Waals surface area (Å²) in [5, 5.41) is 10.8. The fourth-order valence-corrected chi connectivity index (χ4v) is 5.02. The lowest BCUT2D eigenvalue weighted by atomic mass is 9.68. The van der Waals surface area contributed by atoms with Gasteiger partial charge in [0, 0.05) is 11.5 Å². The lowest BCUT2D eigenvalue weighted by molar-refractivity contribution is -0.188. The van der Waals surface area contributed by atoms with E-state index in [4.69, 9.17) is 4.74 Å². The predicted molar refractivity (Wildman–Crippen MR) is 128 cm³/mol. The minimum atomic E-state index is -1.78. The molecular weight excluding hydrogens is 428 g/mol. The smallest absolute Gasteiger partial charge is 0.335 e. The number of hydrogen-bond acceptors (Lipinski definition) is 4. The lowest BCUT2D eigenvalue weighted by Crippen LogP contribution is -2.75. The number of aliphatic carboxylic acids is 1. The van der Waals surface area contributed by atoms with Gasteiger partial charge in [-0.15, -0.1) is 0 Å². The molecule has 2 aliphatic heterocycles. The summed E-state index contributed by atoms with van der Waals surface area (Å²) in [6.07, 6.45) is -0.828. The Morgan fingerprint density at radius 1 is 0.971 bits per heavy atom. The van der Waals surface area contributed by atoms with Gasteiger partial charge in [-0.3, -0.25) is 9.69 Å². The summed E-state index contributed by atoms with van der Waals surface area (Å²) in [5.74, 6) is -1.93. The van der Waals surface area contributed by atoms with Crippen molar-refractivity contribution in [3.63, 3.8) is 0 Å². The van der Waals surface area contributed by atoms with E-state index in [0.717, 1.165) is 16.7 Å². The molecule has 0 aromatic heterocycles. The van der Waals surface area contributed by atoms with Crippen molar-refractivity contribution in [2.24, 2.45) is 4.99 Å². The van der Waals surface area contributed by atoms with Crippen LogP contribution in [0.3, 0.4) is 0 Å². The molecule has 2 aliphatic rings. The maximum absolute atomic E-state index is 13.5. The summed E-state index contributed by atoms with van der Waals surface area (Å²) >= 11 is 0. The number of nitrogens with zero attached hydrogens (tertiary/aromatic N) is 2. The Hall–Kier alpha value is -4.19.